The van der Waals surface area contributed by atoms with E-state index in [-0.39, 0.29) is 0 Å². The predicted molar refractivity (Wildman–Crippen MR) is 97.9 cm³/mol. The van der Waals surface area contributed by atoms with Crippen LogP contribution in [0.3, 0.4) is 0 Å². The molecular weight excluding hydrogens is 390 g/mol. The largest absolute Gasteiger partial charge is 0.313 e. The molecule has 3 heteroatoms. The molecule has 0 amide bonds. The molecular formula is C18H21Br2N. The highest BCUT2D eigenvalue weighted by Crippen LogP contribution is 2.26. The molecule has 2 aromatic rings. The molecule has 2 rings (SSSR count). The third-order valence-electron chi connectivity index (χ3n) is 3.72. The maximum Gasteiger partial charge on any atom is 0.0359 e. The van der Waals surface area contributed by atoms with Crippen LogP contribution in [0.15, 0.2) is 51.4 Å². The van der Waals surface area contributed by atoms with Crippen LogP contribution >= 0.6 is 31.9 Å². The lowest BCUT2D eigenvalue weighted by molar-refractivity contribution is 0.591. The van der Waals surface area contributed by atoms with E-state index in [2.05, 4.69) is 93.5 Å². The van der Waals surface area contributed by atoms with Crippen molar-refractivity contribution in [1.82, 2.24) is 5.32 Å². The normalized spacial score (nSPS) is 12.7. The van der Waals surface area contributed by atoms with Crippen molar-refractivity contribution in [3.05, 3.63) is 68.1 Å². The van der Waals surface area contributed by atoms with Crippen LogP contribution in [0.5, 0.6) is 0 Å². The summed E-state index contributed by atoms with van der Waals surface area (Å²) in [5.41, 5.74) is 4.03. The lowest BCUT2D eigenvalue weighted by Gasteiger charge is -2.18. The summed E-state index contributed by atoms with van der Waals surface area (Å²) in [5.74, 6) is 0.584. The fraction of sp³-hybridized carbons (Fsp3) is 0.333. The summed E-state index contributed by atoms with van der Waals surface area (Å²) >= 11 is 7.13. The van der Waals surface area contributed by atoms with Gasteiger partial charge in [-0.25, -0.2) is 0 Å². The van der Waals surface area contributed by atoms with Crippen molar-refractivity contribution in [2.45, 2.75) is 32.2 Å². The first-order chi connectivity index (χ1) is 9.99. The van der Waals surface area contributed by atoms with Gasteiger partial charge >= 0.3 is 0 Å². The third kappa shape index (κ3) is 4.67. The van der Waals surface area contributed by atoms with Gasteiger partial charge in [0.1, 0.15) is 0 Å². The van der Waals surface area contributed by atoms with Crippen LogP contribution in [0.2, 0.25) is 0 Å². The molecule has 0 aliphatic heterocycles. The monoisotopic (exact) mass is 409 g/mol. The maximum absolute atomic E-state index is 3.56. The topological polar surface area (TPSA) is 12.0 Å². The van der Waals surface area contributed by atoms with E-state index in [1.807, 2.05) is 7.05 Å². The number of nitrogens with one attached hydrogen (secondary N) is 1. The Labute approximate surface area is 144 Å². The first-order valence-corrected chi connectivity index (χ1v) is 8.80. The molecule has 0 heterocycles. The van der Waals surface area contributed by atoms with Crippen molar-refractivity contribution in [2.75, 3.05) is 7.05 Å². The summed E-state index contributed by atoms with van der Waals surface area (Å²) in [6, 6.07) is 15.7. The van der Waals surface area contributed by atoms with Crippen LogP contribution < -0.4 is 5.32 Å². The molecule has 2 aromatic carbocycles. The van der Waals surface area contributed by atoms with Crippen LogP contribution in [-0.2, 0) is 6.42 Å². The van der Waals surface area contributed by atoms with Crippen LogP contribution in [-0.4, -0.2) is 7.05 Å². The van der Waals surface area contributed by atoms with Gasteiger partial charge in [-0.2, -0.15) is 0 Å². The molecule has 21 heavy (non-hydrogen) atoms. The minimum Gasteiger partial charge on any atom is -0.313 e. The number of hydrogen-bond acceptors (Lipinski definition) is 1. The van der Waals surface area contributed by atoms with Crippen LogP contribution in [0.1, 0.15) is 42.5 Å². The van der Waals surface area contributed by atoms with Crippen molar-refractivity contribution >= 4 is 31.9 Å². The third-order valence-corrected chi connectivity index (χ3v) is 4.64. The molecule has 0 bridgehead atoms. The molecule has 1 unspecified atom stereocenters. The van der Waals surface area contributed by atoms with Gasteiger partial charge in [-0.1, -0.05) is 70.0 Å². The van der Waals surface area contributed by atoms with Gasteiger partial charge in [-0.3, -0.25) is 0 Å². The molecule has 0 aliphatic rings. The number of hydrogen-bond donors (Lipinski definition) is 1. The Morgan fingerprint density at radius 3 is 1.95 bits per heavy atom. The Kier molecular flexibility index (Phi) is 6.03. The second-order valence-corrected chi connectivity index (χ2v) is 7.48. The zero-order valence-corrected chi connectivity index (χ0v) is 15.8. The molecule has 0 aliphatic carbocycles. The van der Waals surface area contributed by atoms with Gasteiger partial charge in [0.15, 0.2) is 0 Å². The lowest BCUT2D eigenvalue weighted by atomic mass is 9.96. The van der Waals surface area contributed by atoms with E-state index in [0.29, 0.717) is 12.0 Å². The zero-order chi connectivity index (χ0) is 15.4. The van der Waals surface area contributed by atoms with Crippen molar-refractivity contribution in [2.24, 2.45) is 0 Å². The second kappa shape index (κ2) is 7.57. The number of rotatable bonds is 5. The van der Waals surface area contributed by atoms with Crippen molar-refractivity contribution < 1.29 is 0 Å². The SMILES string of the molecule is CNC(Cc1ccc(C(C)C)cc1)c1cc(Br)cc(Br)c1. The molecule has 1 nitrogen and oxygen atoms in total. The lowest BCUT2D eigenvalue weighted by Crippen LogP contribution is -2.18. The zero-order valence-electron chi connectivity index (χ0n) is 12.7. The summed E-state index contributed by atoms with van der Waals surface area (Å²) in [5, 5.41) is 3.42. The fourth-order valence-electron chi connectivity index (χ4n) is 2.44. The Balaban J connectivity index is 2.18. The average molecular weight is 411 g/mol. The molecule has 0 spiro atoms. The van der Waals surface area contributed by atoms with Gasteiger partial charge in [0, 0.05) is 15.0 Å². The summed E-state index contributed by atoms with van der Waals surface area (Å²) in [6.45, 7) is 4.45. The van der Waals surface area contributed by atoms with Gasteiger partial charge in [-0.15, -0.1) is 0 Å². The highest BCUT2D eigenvalue weighted by molar-refractivity contribution is 9.11. The Bertz CT molecular complexity index is 570. The van der Waals surface area contributed by atoms with Crippen molar-refractivity contribution in [1.29, 1.82) is 0 Å². The quantitative estimate of drug-likeness (QED) is 0.652. The van der Waals surface area contributed by atoms with Gasteiger partial charge < -0.3 is 5.32 Å². The van der Waals surface area contributed by atoms with Crippen LogP contribution in [0.25, 0.3) is 0 Å². The molecule has 112 valence electrons. The van der Waals surface area contributed by atoms with E-state index in [1.165, 1.54) is 16.7 Å². The van der Waals surface area contributed by atoms with E-state index >= 15 is 0 Å². The number of halogens is 2. The first kappa shape index (κ1) is 16.7. The summed E-state index contributed by atoms with van der Waals surface area (Å²) < 4.78 is 2.20. The average Bonchev–Trinajstić information content (AvgIpc) is 2.44. The van der Waals surface area contributed by atoms with Crippen molar-refractivity contribution in [3.8, 4) is 0 Å². The summed E-state index contributed by atoms with van der Waals surface area (Å²) in [7, 11) is 2.02. The number of benzene rings is 2. The van der Waals surface area contributed by atoms with E-state index in [4.69, 9.17) is 0 Å². The Hall–Kier alpha value is -0.640. The Morgan fingerprint density at radius 1 is 0.905 bits per heavy atom. The van der Waals surface area contributed by atoms with Gasteiger partial charge in [0.25, 0.3) is 0 Å². The van der Waals surface area contributed by atoms with Crippen molar-refractivity contribution in [3.63, 3.8) is 0 Å². The maximum atomic E-state index is 3.56. The summed E-state index contributed by atoms with van der Waals surface area (Å²) in [6.07, 6.45) is 0.984. The second-order valence-electron chi connectivity index (χ2n) is 5.64. The molecule has 1 N–H and O–H groups in total. The summed E-state index contributed by atoms with van der Waals surface area (Å²) in [4.78, 5) is 0. The van der Waals surface area contributed by atoms with E-state index < -0.39 is 0 Å². The van der Waals surface area contributed by atoms with E-state index in [9.17, 15) is 0 Å². The van der Waals surface area contributed by atoms with Gasteiger partial charge in [0.2, 0.25) is 0 Å². The molecule has 0 aromatic heterocycles. The highest BCUT2D eigenvalue weighted by atomic mass is 79.9. The molecule has 1 atom stereocenters. The smallest absolute Gasteiger partial charge is 0.0359 e. The standard InChI is InChI=1S/C18H21Br2N/c1-12(2)14-6-4-13(5-7-14)8-18(21-3)15-9-16(19)11-17(20)10-15/h4-7,9-12,18,21H,8H2,1-3H3. The van der Waals surface area contributed by atoms with Gasteiger partial charge in [-0.05, 0) is 54.3 Å². The van der Waals surface area contributed by atoms with Crippen LogP contribution in [0.4, 0.5) is 0 Å². The van der Waals surface area contributed by atoms with E-state index in [1.54, 1.807) is 0 Å². The molecule has 0 fully saturated rings. The molecule has 0 radical (unpaired) electrons. The fourth-order valence-corrected chi connectivity index (χ4v) is 3.77. The minimum absolute atomic E-state index is 0.309. The van der Waals surface area contributed by atoms with E-state index in [0.717, 1.165) is 15.4 Å². The molecule has 0 saturated carbocycles. The minimum atomic E-state index is 0.309. The molecule has 0 saturated heterocycles. The predicted octanol–water partition coefficient (Wildman–Crippen LogP) is 5.84. The van der Waals surface area contributed by atoms with Gasteiger partial charge in [0.05, 0.1) is 0 Å². The Morgan fingerprint density at radius 2 is 1.48 bits per heavy atom. The van der Waals surface area contributed by atoms with Crippen LogP contribution in [0, 0.1) is 0 Å². The number of likely N-dealkylation sites (N-methyl/N-ethyl adjacent to an activating group) is 1. The highest BCUT2D eigenvalue weighted by Gasteiger charge is 2.12. The first-order valence-electron chi connectivity index (χ1n) is 7.21.